The molecule has 0 aliphatic rings. The highest BCUT2D eigenvalue weighted by Crippen LogP contribution is 2.19. The van der Waals surface area contributed by atoms with Gasteiger partial charge < -0.3 is 9.47 Å². The first kappa shape index (κ1) is 12.7. The van der Waals surface area contributed by atoms with Gasteiger partial charge in [0.1, 0.15) is 17.9 Å². The number of carbonyl (C=O) groups is 2. The molecule has 1 rings (SSSR count). The van der Waals surface area contributed by atoms with E-state index < -0.39 is 11.9 Å². The molecule has 0 aliphatic carbocycles. The summed E-state index contributed by atoms with van der Waals surface area (Å²) in [6, 6.07) is 6.46. The Bertz CT molecular complexity index is 389. The van der Waals surface area contributed by atoms with E-state index in [2.05, 4.69) is 15.9 Å². The van der Waals surface area contributed by atoms with Crippen molar-refractivity contribution in [3.05, 3.63) is 29.8 Å². The van der Waals surface area contributed by atoms with Crippen molar-refractivity contribution in [3.63, 3.8) is 0 Å². The molecule has 0 N–H and O–H groups in total. The molecule has 0 spiro atoms. The third kappa shape index (κ3) is 3.66. The first-order chi connectivity index (χ1) is 7.65. The Kier molecular flexibility index (Phi) is 4.98. The average Bonchev–Trinajstić information content (AvgIpc) is 2.26. The summed E-state index contributed by atoms with van der Waals surface area (Å²) in [6.45, 7) is 1.55. The molecule has 0 heterocycles. The van der Waals surface area contributed by atoms with Crippen LogP contribution in [0.3, 0.4) is 0 Å². The Labute approximate surface area is 102 Å². The largest absolute Gasteiger partial charge is 0.461 e. The number of alkyl halides is 1. The zero-order valence-corrected chi connectivity index (χ0v) is 10.3. The van der Waals surface area contributed by atoms with Crippen molar-refractivity contribution in [2.75, 3.05) is 11.9 Å². The van der Waals surface area contributed by atoms with E-state index >= 15 is 0 Å². The van der Waals surface area contributed by atoms with E-state index in [9.17, 15) is 9.59 Å². The van der Waals surface area contributed by atoms with Gasteiger partial charge in [0.25, 0.3) is 0 Å². The van der Waals surface area contributed by atoms with Crippen LogP contribution in [0.4, 0.5) is 0 Å². The maximum atomic E-state index is 11.6. The van der Waals surface area contributed by atoms with Gasteiger partial charge in [-0.05, 0) is 12.1 Å². The topological polar surface area (TPSA) is 52.6 Å². The molecule has 5 heteroatoms. The normalized spacial score (nSPS) is 9.62. The van der Waals surface area contributed by atoms with E-state index in [1.807, 2.05) is 0 Å². The molecule has 0 bridgehead atoms. The molecule has 0 atom stereocenters. The van der Waals surface area contributed by atoms with Gasteiger partial charge in [0.05, 0.1) is 0 Å². The summed E-state index contributed by atoms with van der Waals surface area (Å²) in [4.78, 5) is 22.4. The highest BCUT2D eigenvalue weighted by atomic mass is 79.9. The van der Waals surface area contributed by atoms with Gasteiger partial charge >= 0.3 is 11.9 Å². The van der Waals surface area contributed by atoms with Gasteiger partial charge in [-0.3, -0.25) is 4.79 Å². The summed E-state index contributed by atoms with van der Waals surface area (Å²) >= 11 is 3.15. The first-order valence-corrected chi connectivity index (χ1v) is 5.78. The van der Waals surface area contributed by atoms with Crippen LogP contribution in [0.1, 0.15) is 17.3 Å². The van der Waals surface area contributed by atoms with Crippen LogP contribution in [0.5, 0.6) is 5.75 Å². The highest BCUT2D eigenvalue weighted by molar-refractivity contribution is 9.09. The molecule has 0 aliphatic heterocycles. The summed E-state index contributed by atoms with van der Waals surface area (Å²) in [7, 11) is 0. The van der Waals surface area contributed by atoms with Crippen molar-refractivity contribution in [1.82, 2.24) is 0 Å². The van der Waals surface area contributed by atoms with Crippen molar-refractivity contribution < 1.29 is 19.1 Å². The van der Waals surface area contributed by atoms with Crippen molar-refractivity contribution in [1.29, 1.82) is 0 Å². The zero-order valence-electron chi connectivity index (χ0n) is 8.73. The standard InChI is InChI=1S/C11H11BrO4/c1-8(13)16-10-5-3-2-4-9(10)11(14)15-7-6-12/h2-5H,6-7H2,1H3. The summed E-state index contributed by atoms with van der Waals surface area (Å²) in [6.07, 6.45) is 0. The molecule has 1 aromatic rings. The van der Waals surface area contributed by atoms with Crippen LogP contribution >= 0.6 is 15.9 Å². The number of esters is 2. The molecule has 1 aromatic carbocycles. The molecule has 0 saturated heterocycles. The molecule has 0 radical (unpaired) electrons. The quantitative estimate of drug-likeness (QED) is 0.484. The van der Waals surface area contributed by atoms with E-state index in [4.69, 9.17) is 9.47 Å². The maximum Gasteiger partial charge on any atom is 0.341 e. The lowest BCUT2D eigenvalue weighted by atomic mass is 10.2. The Balaban J connectivity index is 2.85. The number of carbonyl (C=O) groups excluding carboxylic acids is 2. The minimum absolute atomic E-state index is 0.217. The molecule has 0 saturated carbocycles. The number of para-hydroxylation sites is 1. The van der Waals surface area contributed by atoms with E-state index in [1.165, 1.54) is 6.92 Å². The highest BCUT2D eigenvalue weighted by Gasteiger charge is 2.14. The maximum absolute atomic E-state index is 11.6. The van der Waals surface area contributed by atoms with Crippen LogP contribution in [0.2, 0.25) is 0 Å². The predicted octanol–water partition coefficient (Wildman–Crippen LogP) is 2.16. The van der Waals surface area contributed by atoms with Gasteiger partial charge in [-0.1, -0.05) is 28.1 Å². The van der Waals surface area contributed by atoms with Gasteiger partial charge in [-0.15, -0.1) is 0 Å². The average molecular weight is 287 g/mol. The molecular weight excluding hydrogens is 276 g/mol. The summed E-state index contributed by atoms with van der Waals surface area (Å²) < 4.78 is 9.82. The van der Waals surface area contributed by atoms with Crippen molar-refractivity contribution in [2.24, 2.45) is 0 Å². The number of rotatable bonds is 4. The summed E-state index contributed by atoms with van der Waals surface area (Å²) in [5.74, 6) is -0.758. The smallest absolute Gasteiger partial charge is 0.341 e. The fourth-order valence-corrected chi connectivity index (χ4v) is 1.25. The van der Waals surface area contributed by atoms with Crippen LogP contribution in [-0.2, 0) is 9.53 Å². The van der Waals surface area contributed by atoms with E-state index in [0.29, 0.717) is 5.33 Å². The third-order valence-electron chi connectivity index (χ3n) is 1.67. The second kappa shape index (κ2) is 6.27. The molecule has 4 nitrogen and oxygen atoms in total. The van der Waals surface area contributed by atoms with E-state index in [0.717, 1.165) is 0 Å². The second-order valence-corrected chi connectivity index (χ2v) is 3.71. The minimum Gasteiger partial charge on any atom is -0.461 e. The van der Waals surface area contributed by atoms with Crippen LogP contribution in [0, 0.1) is 0 Å². The van der Waals surface area contributed by atoms with Gasteiger partial charge in [0.2, 0.25) is 0 Å². The van der Waals surface area contributed by atoms with Crippen molar-refractivity contribution >= 4 is 27.9 Å². The first-order valence-electron chi connectivity index (χ1n) is 4.65. The molecule has 0 fully saturated rings. The molecule has 0 amide bonds. The predicted molar refractivity (Wildman–Crippen MR) is 61.8 cm³/mol. The van der Waals surface area contributed by atoms with Crippen molar-refractivity contribution in [2.45, 2.75) is 6.92 Å². The van der Waals surface area contributed by atoms with Crippen LogP contribution in [0.15, 0.2) is 24.3 Å². The monoisotopic (exact) mass is 286 g/mol. The number of hydrogen-bond donors (Lipinski definition) is 0. The van der Waals surface area contributed by atoms with Gasteiger partial charge in [0.15, 0.2) is 0 Å². The summed E-state index contributed by atoms with van der Waals surface area (Å²) in [5, 5.41) is 0.564. The Morgan fingerprint density at radius 1 is 1.31 bits per heavy atom. The van der Waals surface area contributed by atoms with Gasteiger partial charge in [-0.2, -0.15) is 0 Å². The van der Waals surface area contributed by atoms with Crippen LogP contribution in [-0.4, -0.2) is 23.9 Å². The molecular formula is C11H11BrO4. The van der Waals surface area contributed by atoms with Gasteiger partial charge in [0, 0.05) is 12.3 Å². The zero-order chi connectivity index (χ0) is 12.0. The molecule has 16 heavy (non-hydrogen) atoms. The summed E-state index contributed by atoms with van der Waals surface area (Å²) in [5.41, 5.74) is 0.249. The lowest BCUT2D eigenvalue weighted by Gasteiger charge is -2.07. The Morgan fingerprint density at radius 3 is 2.62 bits per heavy atom. The van der Waals surface area contributed by atoms with Crippen molar-refractivity contribution in [3.8, 4) is 5.75 Å². The van der Waals surface area contributed by atoms with E-state index in [1.54, 1.807) is 24.3 Å². The SMILES string of the molecule is CC(=O)Oc1ccccc1C(=O)OCCBr. The minimum atomic E-state index is -0.503. The molecule has 0 aromatic heterocycles. The number of benzene rings is 1. The third-order valence-corrected chi connectivity index (χ3v) is 1.99. The molecule has 0 unspecified atom stereocenters. The number of hydrogen-bond acceptors (Lipinski definition) is 4. The Morgan fingerprint density at radius 2 is 2.00 bits per heavy atom. The van der Waals surface area contributed by atoms with E-state index in [-0.39, 0.29) is 17.9 Å². The number of ether oxygens (including phenoxy) is 2. The fraction of sp³-hybridized carbons (Fsp3) is 0.273. The van der Waals surface area contributed by atoms with Crippen LogP contribution in [0.25, 0.3) is 0 Å². The fourth-order valence-electron chi connectivity index (χ4n) is 1.09. The van der Waals surface area contributed by atoms with Crippen LogP contribution < -0.4 is 4.74 Å². The lowest BCUT2D eigenvalue weighted by molar-refractivity contribution is -0.131. The Hall–Kier alpha value is -1.36. The second-order valence-electron chi connectivity index (χ2n) is 2.91. The van der Waals surface area contributed by atoms with Gasteiger partial charge in [-0.25, -0.2) is 4.79 Å². The number of halogens is 1. The lowest BCUT2D eigenvalue weighted by Crippen LogP contribution is -2.11. The molecule has 86 valence electrons.